The maximum absolute atomic E-state index is 12.2. The van der Waals surface area contributed by atoms with Gasteiger partial charge in [-0.2, -0.15) is 0 Å². The predicted molar refractivity (Wildman–Crippen MR) is 105 cm³/mol. The lowest BCUT2D eigenvalue weighted by atomic mass is 9.90. The van der Waals surface area contributed by atoms with Crippen LogP contribution in [0.4, 0.5) is 5.13 Å². The Morgan fingerprint density at radius 2 is 2.15 bits per heavy atom. The first kappa shape index (κ1) is 17.6. The van der Waals surface area contributed by atoms with E-state index in [9.17, 15) is 4.79 Å². The van der Waals surface area contributed by atoms with Gasteiger partial charge in [0.2, 0.25) is 11.0 Å². The molecule has 0 radical (unpaired) electrons. The Hall–Kier alpha value is -1.79. The summed E-state index contributed by atoms with van der Waals surface area (Å²) < 4.78 is 0. The Morgan fingerprint density at radius 1 is 1.27 bits per heavy atom. The number of aromatic nitrogens is 2. The third kappa shape index (κ3) is 4.48. The molecule has 1 saturated carbocycles. The normalized spacial score (nSPS) is 20.9. The molecule has 1 aliphatic heterocycles. The van der Waals surface area contributed by atoms with Gasteiger partial charge in [-0.15, -0.1) is 10.2 Å². The van der Waals surface area contributed by atoms with Crippen LogP contribution in [0.1, 0.15) is 60.1 Å². The number of carbonyl (C=O) groups is 1. The molecule has 1 atom stereocenters. The molecule has 2 heterocycles. The summed E-state index contributed by atoms with van der Waals surface area (Å²) in [5.74, 6) is 1.21. The molecular formula is C20H26N4OS. The van der Waals surface area contributed by atoms with Crippen molar-refractivity contribution in [3.8, 4) is 0 Å². The van der Waals surface area contributed by atoms with Crippen LogP contribution in [-0.4, -0.2) is 40.6 Å². The van der Waals surface area contributed by atoms with Gasteiger partial charge in [-0.25, -0.2) is 0 Å². The second-order valence-electron chi connectivity index (χ2n) is 7.57. The lowest BCUT2D eigenvalue weighted by molar-refractivity contribution is -0.116. The van der Waals surface area contributed by atoms with Crippen molar-refractivity contribution in [1.29, 1.82) is 0 Å². The minimum atomic E-state index is 0.0428. The second kappa shape index (κ2) is 7.84. The third-order valence-electron chi connectivity index (χ3n) is 5.29. The molecule has 6 heteroatoms. The molecule has 138 valence electrons. The van der Waals surface area contributed by atoms with Gasteiger partial charge in [-0.1, -0.05) is 41.2 Å². The van der Waals surface area contributed by atoms with Crippen LogP contribution >= 0.6 is 11.3 Å². The predicted octanol–water partition coefficient (Wildman–Crippen LogP) is 3.93. The molecule has 0 bridgehead atoms. The van der Waals surface area contributed by atoms with Gasteiger partial charge in [0.15, 0.2) is 0 Å². The van der Waals surface area contributed by atoms with Gasteiger partial charge in [0.1, 0.15) is 5.01 Å². The Bertz CT molecular complexity index is 771. The first-order valence-corrected chi connectivity index (χ1v) is 10.4. The average Bonchev–Trinajstić information content (AvgIpc) is 3.40. The van der Waals surface area contributed by atoms with E-state index in [1.54, 1.807) is 0 Å². The standard InChI is InChI=1S/C20H26N4OS/c1-14-4-2-5-16(12-14)17-6-3-10-24(13-17)11-9-18(25)21-20-23-22-19(26-20)15-7-8-15/h2,4-5,12,15,17H,3,6-11,13H2,1H3,(H,21,23,25)/t17-/m1/s1. The highest BCUT2D eigenvalue weighted by Gasteiger charge is 2.28. The lowest BCUT2D eigenvalue weighted by Gasteiger charge is -2.33. The largest absolute Gasteiger partial charge is 0.302 e. The zero-order chi connectivity index (χ0) is 17.9. The number of likely N-dealkylation sites (tertiary alicyclic amines) is 1. The van der Waals surface area contributed by atoms with E-state index in [1.165, 1.54) is 48.1 Å². The summed E-state index contributed by atoms with van der Waals surface area (Å²) in [6.07, 6.45) is 5.36. The van der Waals surface area contributed by atoms with Crippen LogP contribution in [0.3, 0.4) is 0 Å². The molecule has 1 amide bonds. The number of aryl methyl sites for hydroxylation is 1. The SMILES string of the molecule is Cc1cccc([C@@H]2CCCN(CCC(=O)Nc3nnc(C4CC4)s3)C2)c1. The summed E-state index contributed by atoms with van der Waals surface area (Å²) in [6.45, 7) is 5.08. The number of rotatable bonds is 6. The van der Waals surface area contributed by atoms with Crippen LogP contribution in [0.25, 0.3) is 0 Å². The molecule has 1 aliphatic carbocycles. The van der Waals surface area contributed by atoms with Crippen molar-refractivity contribution in [3.63, 3.8) is 0 Å². The molecule has 1 saturated heterocycles. The zero-order valence-electron chi connectivity index (χ0n) is 15.3. The number of amides is 1. The van der Waals surface area contributed by atoms with Crippen molar-refractivity contribution in [3.05, 3.63) is 40.4 Å². The van der Waals surface area contributed by atoms with Crippen molar-refractivity contribution in [2.75, 3.05) is 25.0 Å². The van der Waals surface area contributed by atoms with E-state index in [-0.39, 0.29) is 5.91 Å². The summed E-state index contributed by atoms with van der Waals surface area (Å²) in [5.41, 5.74) is 2.75. The number of hydrogen-bond acceptors (Lipinski definition) is 5. The molecule has 26 heavy (non-hydrogen) atoms. The average molecular weight is 371 g/mol. The number of anilines is 1. The van der Waals surface area contributed by atoms with Gasteiger partial charge >= 0.3 is 0 Å². The number of hydrogen-bond donors (Lipinski definition) is 1. The van der Waals surface area contributed by atoms with E-state index in [0.29, 0.717) is 23.4 Å². The van der Waals surface area contributed by atoms with Crippen molar-refractivity contribution in [2.24, 2.45) is 0 Å². The van der Waals surface area contributed by atoms with Gasteiger partial charge in [0.25, 0.3) is 0 Å². The lowest BCUT2D eigenvalue weighted by Crippen LogP contribution is -2.36. The van der Waals surface area contributed by atoms with Crippen molar-refractivity contribution in [1.82, 2.24) is 15.1 Å². The van der Waals surface area contributed by atoms with Crippen LogP contribution in [-0.2, 0) is 4.79 Å². The fourth-order valence-corrected chi connectivity index (χ4v) is 4.61. The van der Waals surface area contributed by atoms with Crippen LogP contribution in [0, 0.1) is 6.92 Å². The summed E-state index contributed by atoms with van der Waals surface area (Å²) in [6, 6.07) is 8.83. The fraction of sp³-hybridized carbons (Fsp3) is 0.550. The Labute approximate surface area is 158 Å². The minimum Gasteiger partial charge on any atom is -0.302 e. The molecule has 0 spiro atoms. The van der Waals surface area contributed by atoms with E-state index in [4.69, 9.17) is 0 Å². The van der Waals surface area contributed by atoms with Gasteiger partial charge in [-0.3, -0.25) is 4.79 Å². The minimum absolute atomic E-state index is 0.0428. The highest BCUT2D eigenvalue weighted by molar-refractivity contribution is 7.15. The van der Waals surface area contributed by atoms with Crippen LogP contribution in [0.15, 0.2) is 24.3 Å². The molecular weight excluding hydrogens is 344 g/mol. The highest BCUT2D eigenvalue weighted by atomic mass is 32.1. The van der Waals surface area contributed by atoms with Crippen LogP contribution in [0.5, 0.6) is 0 Å². The Balaban J connectivity index is 1.26. The number of benzene rings is 1. The van der Waals surface area contributed by atoms with E-state index in [1.807, 2.05) is 0 Å². The van der Waals surface area contributed by atoms with E-state index < -0.39 is 0 Å². The van der Waals surface area contributed by atoms with Gasteiger partial charge in [0.05, 0.1) is 0 Å². The molecule has 1 aromatic carbocycles. The molecule has 2 aliphatic rings. The van der Waals surface area contributed by atoms with Crippen molar-refractivity contribution in [2.45, 2.75) is 50.9 Å². The molecule has 4 rings (SSSR count). The molecule has 1 aromatic heterocycles. The van der Waals surface area contributed by atoms with E-state index in [2.05, 4.69) is 51.6 Å². The summed E-state index contributed by atoms with van der Waals surface area (Å²) in [5, 5.41) is 12.9. The van der Waals surface area contributed by atoms with Gasteiger partial charge < -0.3 is 10.2 Å². The Kier molecular flexibility index (Phi) is 5.31. The maximum atomic E-state index is 12.2. The first-order valence-electron chi connectivity index (χ1n) is 9.59. The van der Waals surface area contributed by atoms with Crippen LogP contribution in [0.2, 0.25) is 0 Å². The molecule has 5 nitrogen and oxygen atoms in total. The molecule has 2 aromatic rings. The number of carbonyl (C=O) groups excluding carboxylic acids is 1. The first-order chi connectivity index (χ1) is 12.7. The highest BCUT2D eigenvalue weighted by Crippen LogP contribution is 2.42. The molecule has 2 fully saturated rings. The summed E-state index contributed by atoms with van der Waals surface area (Å²) in [7, 11) is 0. The third-order valence-corrected chi connectivity index (χ3v) is 6.29. The maximum Gasteiger partial charge on any atom is 0.227 e. The van der Waals surface area contributed by atoms with Crippen molar-refractivity contribution >= 4 is 22.4 Å². The number of nitrogens with one attached hydrogen (secondary N) is 1. The summed E-state index contributed by atoms with van der Waals surface area (Å²) in [4.78, 5) is 14.7. The molecule has 1 N–H and O–H groups in total. The van der Waals surface area contributed by atoms with Crippen LogP contribution < -0.4 is 5.32 Å². The fourth-order valence-electron chi connectivity index (χ4n) is 3.68. The second-order valence-corrected chi connectivity index (χ2v) is 8.58. The van der Waals surface area contributed by atoms with Gasteiger partial charge in [-0.05, 0) is 50.6 Å². The number of nitrogens with zero attached hydrogens (tertiary/aromatic N) is 3. The number of piperidine rings is 1. The van der Waals surface area contributed by atoms with Crippen molar-refractivity contribution < 1.29 is 4.79 Å². The monoisotopic (exact) mass is 370 g/mol. The Morgan fingerprint density at radius 3 is 2.96 bits per heavy atom. The quantitative estimate of drug-likeness (QED) is 0.837. The van der Waals surface area contributed by atoms with E-state index in [0.717, 1.165) is 24.6 Å². The summed E-state index contributed by atoms with van der Waals surface area (Å²) >= 11 is 1.52. The smallest absolute Gasteiger partial charge is 0.227 e. The van der Waals surface area contributed by atoms with Gasteiger partial charge in [0, 0.05) is 25.4 Å². The zero-order valence-corrected chi connectivity index (χ0v) is 16.1. The topological polar surface area (TPSA) is 58.1 Å². The van der Waals surface area contributed by atoms with E-state index >= 15 is 0 Å². The molecule has 0 unspecified atom stereocenters.